The molecule has 3 aliphatic carbocycles. The van der Waals surface area contributed by atoms with Crippen LogP contribution < -0.4 is 48.4 Å². The second kappa shape index (κ2) is 46.9. The average molecular weight is 1460 g/mol. The Morgan fingerprint density at radius 2 is 1.00 bits per heavy atom. The SMILES string of the molecule is COCCN(CC(=O)N[C@@H](CCCN=C(N)N)C(=O)N[C@@H](CCSC)C(N)=O)C(=O)CN(CCOC)C(=O)CN(CCOC)C(=O)CN(CCOC)C(=O)CN(Cc1ccc2c(c1)OCO2)C(=O)CN(CCCCN)C(=O)CN(C(=O)CN(C(=O)CNC1CC1)C1CCCCC1)C1CCCCC1. The highest BCUT2D eigenvalue weighted by atomic mass is 32.2. The minimum absolute atomic E-state index is 0.0274. The van der Waals surface area contributed by atoms with Gasteiger partial charge in [-0.2, -0.15) is 11.8 Å². The van der Waals surface area contributed by atoms with E-state index in [0.29, 0.717) is 55.0 Å². The lowest BCUT2D eigenvalue weighted by molar-refractivity contribution is -0.150. The van der Waals surface area contributed by atoms with Gasteiger partial charge in [-0.15, -0.1) is 0 Å². The number of hydrogen-bond acceptors (Lipinski definition) is 21. The molecule has 0 bridgehead atoms. The lowest BCUT2D eigenvalue weighted by atomic mass is 9.93. The van der Waals surface area contributed by atoms with E-state index < -0.39 is 105 Å². The van der Waals surface area contributed by atoms with Crippen LogP contribution in [0.2, 0.25) is 0 Å². The van der Waals surface area contributed by atoms with Crippen LogP contribution in [0.25, 0.3) is 0 Å². The fourth-order valence-corrected chi connectivity index (χ4v) is 12.7. The van der Waals surface area contributed by atoms with Crippen molar-refractivity contribution >= 4 is 82.7 Å². The van der Waals surface area contributed by atoms with Crippen LogP contribution in [-0.2, 0) is 78.2 Å². The van der Waals surface area contributed by atoms with Crippen molar-refractivity contribution in [3.8, 4) is 11.5 Å². The van der Waals surface area contributed by atoms with Crippen molar-refractivity contribution in [3.63, 3.8) is 0 Å². The van der Waals surface area contributed by atoms with Gasteiger partial charge in [0.25, 0.3) is 0 Å². The number of amides is 11. The molecule has 33 nitrogen and oxygen atoms in total. The van der Waals surface area contributed by atoms with Crippen molar-refractivity contribution < 1.29 is 81.2 Å². The summed E-state index contributed by atoms with van der Waals surface area (Å²) >= 11 is 1.44. The fourth-order valence-electron chi connectivity index (χ4n) is 12.2. The van der Waals surface area contributed by atoms with Gasteiger partial charge in [0.05, 0.1) is 65.7 Å². The van der Waals surface area contributed by atoms with Crippen LogP contribution >= 0.6 is 11.8 Å². The summed E-state index contributed by atoms with van der Waals surface area (Å²) in [5.74, 6) is -5.47. The van der Waals surface area contributed by atoms with E-state index in [-0.39, 0.29) is 154 Å². The number of carbonyl (C=O) groups is 11. The number of nitrogens with one attached hydrogen (secondary N) is 3. The first-order valence-electron chi connectivity index (χ1n) is 35.6. The van der Waals surface area contributed by atoms with Crippen molar-refractivity contribution in [1.82, 2.24) is 55.1 Å². The number of carbonyl (C=O) groups excluding carboxylic acids is 11. The summed E-state index contributed by atoms with van der Waals surface area (Å²) in [7, 11) is 5.59. The molecular formula is C68H114N16O17S. The molecule has 0 radical (unpaired) electrons. The number of unbranched alkanes of at least 4 members (excludes halogenated alkanes) is 1. The summed E-state index contributed by atoms with van der Waals surface area (Å²) in [5, 5.41) is 8.58. The van der Waals surface area contributed by atoms with Crippen molar-refractivity contribution in [3.05, 3.63) is 23.8 Å². The number of benzene rings is 1. The quantitative estimate of drug-likeness (QED) is 0.0223. The van der Waals surface area contributed by atoms with Gasteiger partial charge >= 0.3 is 0 Å². The number of aliphatic imine (C=N–C) groups is 1. The maximum Gasteiger partial charge on any atom is 0.243 e. The number of ether oxygens (including phenoxy) is 6. The Morgan fingerprint density at radius 1 is 0.529 bits per heavy atom. The Kier molecular flexibility index (Phi) is 39.1. The van der Waals surface area contributed by atoms with E-state index >= 15 is 9.59 Å². The van der Waals surface area contributed by atoms with Crippen LogP contribution in [-0.4, -0.2) is 319 Å². The number of thioether (sulfide) groups is 1. The first-order valence-corrected chi connectivity index (χ1v) is 37.0. The van der Waals surface area contributed by atoms with Crippen molar-refractivity contribution in [2.24, 2.45) is 27.9 Å². The maximum absolute atomic E-state index is 15.2. The lowest BCUT2D eigenvalue weighted by Gasteiger charge is -2.39. The first kappa shape index (κ1) is 85.0. The highest BCUT2D eigenvalue weighted by molar-refractivity contribution is 7.98. The molecule has 5 rings (SSSR count). The molecule has 1 aliphatic heterocycles. The van der Waals surface area contributed by atoms with Crippen molar-refractivity contribution in [2.45, 2.75) is 146 Å². The van der Waals surface area contributed by atoms with Gasteiger partial charge in [-0.3, -0.25) is 57.7 Å². The third-order valence-electron chi connectivity index (χ3n) is 18.3. The van der Waals surface area contributed by atoms with Crippen LogP contribution in [0.15, 0.2) is 23.2 Å². The standard InChI is InChI=1S/C68H114N16O17S/c1-96-32-28-78(40-57(85)75-54(19-14-26-73-68(71)72)67(95)76-53(66(70)94)24-36-102-5)59(87)41-79(29-33-97-2)60(88)42-80(30-34-98-3)61(89)43-81(31-35-99-4)62(90)45-82(39-49-20-23-55-56(37-49)101-48-100-55)63(91)44-77(27-13-12-25-69)64(92)46-84(52-17-10-7-11-18-52)65(93)47-83(51-15-8-6-9-16-51)58(86)38-74-50-21-22-50/h20,23,37,50-54,74H,6-19,21-22,24-36,38-48,69H2,1-5H3,(H2,70,94)(H,75,85)(H,76,95)(H4,71,72,73)/t53-,54-/m0/s1. The first-order chi connectivity index (χ1) is 49.1. The molecule has 11 amide bonds. The van der Waals surface area contributed by atoms with Gasteiger partial charge in [0, 0.05) is 92.4 Å². The number of guanidine groups is 1. The van der Waals surface area contributed by atoms with Crippen LogP contribution in [0.4, 0.5) is 0 Å². The number of methoxy groups -OCH3 is 4. The van der Waals surface area contributed by atoms with Crippen molar-refractivity contribution in [1.29, 1.82) is 0 Å². The molecule has 34 heteroatoms. The van der Waals surface area contributed by atoms with E-state index in [9.17, 15) is 43.2 Å². The molecule has 1 aromatic rings. The minimum atomic E-state index is -1.22. The van der Waals surface area contributed by atoms with Crippen LogP contribution in [0.5, 0.6) is 11.5 Å². The second-order valence-electron chi connectivity index (χ2n) is 26.1. The molecule has 1 heterocycles. The third kappa shape index (κ3) is 30.4. The lowest BCUT2D eigenvalue weighted by Crippen LogP contribution is -2.55. The number of hydrogen-bond donors (Lipinski definition) is 7. The number of nitrogens with zero attached hydrogens (tertiary/aromatic N) is 9. The molecular weight excluding hydrogens is 1340 g/mol. The predicted octanol–water partition coefficient (Wildman–Crippen LogP) is -1.45. The molecule has 0 aromatic heterocycles. The van der Waals surface area contributed by atoms with Gasteiger partial charge < -0.3 is 107 Å². The van der Waals surface area contributed by atoms with Gasteiger partial charge in [-0.05, 0) is 107 Å². The molecule has 0 spiro atoms. The zero-order valence-electron chi connectivity index (χ0n) is 60.6. The Balaban J connectivity index is 1.37. The Labute approximate surface area is 604 Å². The van der Waals surface area contributed by atoms with Gasteiger partial charge in [-0.25, -0.2) is 0 Å². The van der Waals surface area contributed by atoms with Crippen LogP contribution in [0, 0.1) is 0 Å². The van der Waals surface area contributed by atoms with Crippen LogP contribution in [0.1, 0.15) is 115 Å². The minimum Gasteiger partial charge on any atom is -0.454 e. The maximum atomic E-state index is 15.2. The number of primary amides is 1. The molecule has 0 unspecified atom stereocenters. The Bertz CT molecular complexity index is 2880. The predicted molar refractivity (Wildman–Crippen MR) is 381 cm³/mol. The zero-order chi connectivity index (χ0) is 74.3. The molecule has 0 saturated heterocycles. The topological polar surface area (TPSA) is 422 Å². The molecule has 3 fully saturated rings. The van der Waals surface area contributed by atoms with E-state index in [4.69, 9.17) is 51.4 Å². The van der Waals surface area contributed by atoms with Gasteiger partial charge in [-0.1, -0.05) is 44.6 Å². The van der Waals surface area contributed by atoms with E-state index in [1.165, 1.54) is 59.8 Å². The van der Waals surface area contributed by atoms with Gasteiger partial charge in [0.1, 0.15) is 31.7 Å². The third-order valence-corrected chi connectivity index (χ3v) is 18.9. The number of fused-ring (bicyclic) bond motifs is 1. The van der Waals surface area contributed by atoms with E-state index in [2.05, 4.69) is 20.9 Å². The smallest absolute Gasteiger partial charge is 0.243 e. The largest absolute Gasteiger partial charge is 0.454 e. The normalized spacial score (nSPS) is 14.9. The Morgan fingerprint density at radius 3 is 1.49 bits per heavy atom. The number of nitrogens with two attached hydrogens (primary N) is 4. The highest BCUT2D eigenvalue weighted by Crippen LogP contribution is 2.33. The van der Waals surface area contributed by atoms with Crippen LogP contribution in [0.3, 0.4) is 0 Å². The summed E-state index contributed by atoms with van der Waals surface area (Å²) in [5.41, 5.74) is 23.1. The van der Waals surface area contributed by atoms with E-state index in [1.54, 1.807) is 28.0 Å². The summed E-state index contributed by atoms with van der Waals surface area (Å²) < 4.78 is 32.6. The summed E-state index contributed by atoms with van der Waals surface area (Å²) in [6.45, 7) is -4.41. The molecule has 574 valence electrons. The van der Waals surface area contributed by atoms with E-state index in [0.717, 1.165) is 74.0 Å². The van der Waals surface area contributed by atoms with E-state index in [1.807, 2.05) is 6.26 Å². The van der Waals surface area contributed by atoms with Crippen molar-refractivity contribution in [2.75, 3.05) is 178 Å². The second-order valence-corrected chi connectivity index (χ2v) is 27.1. The molecule has 4 aliphatic rings. The molecule has 1 aromatic carbocycles. The average Bonchev–Trinajstić information content (AvgIpc) is 1.17. The number of rotatable bonds is 50. The summed E-state index contributed by atoms with van der Waals surface area (Å²) in [4.78, 5) is 172. The monoisotopic (exact) mass is 1460 g/mol. The highest BCUT2D eigenvalue weighted by Gasteiger charge is 2.37. The molecule has 11 N–H and O–H groups in total. The molecule has 102 heavy (non-hydrogen) atoms. The van der Waals surface area contributed by atoms with Gasteiger partial charge in [0.2, 0.25) is 71.8 Å². The molecule has 2 atom stereocenters. The molecule has 3 saturated carbocycles. The fraction of sp³-hybridized carbons (Fsp3) is 0.735. The zero-order valence-corrected chi connectivity index (χ0v) is 61.4. The Hall–Kier alpha value is -7.63. The summed E-state index contributed by atoms with van der Waals surface area (Å²) in [6.07, 6.45) is 13.8. The summed E-state index contributed by atoms with van der Waals surface area (Å²) in [6, 6.07) is 2.73. The van der Waals surface area contributed by atoms with Gasteiger partial charge in [0.15, 0.2) is 17.5 Å².